The molecule has 102 valence electrons. The fourth-order valence-corrected chi connectivity index (χ4v) is 2.47. The van der Waals surface area contributed by atoms with Gasteiger partial charge in [-0.25, -0.2) is 0 Å². The average Bonchev–Trinajstić information content (AvgIpc) is 2.46. The second-order valence-corrected chi connectivity index (χ2v) is 5.31. The number of benzene rings is 2. The minimum absolute atomic E-state index is 0.124. The monoisotopic (exact) mass is 304 g/mol. The van der Waals surface area contributed by atoms with Crippen molar-refractivity contribution in [2.75, 3.05) is 5.32 Å². The van der Waals surface area contributed by atoms with Crippen molar-refractivity contribution >= 4 is 28.9 Å². The predicted molar refractivity (Wildman–Crippen MR) is 84.3 cm³/mol. The molecular weight excluding hydrogens is 291 g/mol. The Labute approximate surface area is 128 Å². The molecule has 2 rings (SSSR count). The highest BCUT2D eigenvalue weighted by atomic mass is 35.5. The molecule has 0 fully saturated rings. The van der Waals surface area contributed by atoms with Crippen LogP contribution in [0, 0.1) is 11.3 Å². The van der Waals surface area contributed by atoms with Gasteiger partial charge >= 0.3 is 0 Å². The normalized spacial score (nSPS) is 11.7. The first-order valence-electron chi connectivity index (χ1n) is 6.35. The van der Waals surface area contributed by atoms with E-state index >= 15 is 0 Å². The molecule has 0 heterocycles. The zero-order valence-electron chi connectivity index (χ0n) is 11.0. The Bertz CT molecular complexity index is 647. The second kappa shape index (κ2) is 6.65. The van der Waals surface area contributed by atoms with Crippen LogP contribution >= 0.6 is 23.2 Å². The van der Waals surface area contributed by atoms with E-state index in [9.17, 15) is 0 Å². The van der Waals surface area contributed by atoms with E-state index in [0.29, 0.717) is 15.6 Å². The quantitative estimate of drug-likeness (QED) is 0.817. The van der Waals surface area contributed by atoms with Crippen LogP contribution in [0.3, 0.4) is 0 Å². The van der Waals surface area contributed by atoms with E-state index in [0.717, 1.165) is 17.7 Å². The lowest BCUT2D eigenvalue weighted by Gasteiger charge is -2.20. The predicted octanol–water partition coefficient (Wildman–Crippen LogP) is 5.43. The summed E-state index contributed by atoms with van der Waals surface area (Å²) in [6.45, 7) is 2.09. The van der Waals surface area contributed by atoms with Gasteiger partial charge < -0.3 is 5.32 Å². The SMILES string of the molecule is CCC(Nc1ccc(C#N)cc1Cl)c1cccc(Cl)c1. The molecule has 1 unspecified atom stereocenters. The Morgan fingerprint density at radius 1 is 1.20 bits per heavy atom. The molecule has 0 saturated carbocycles. The van der Waals surface area contributed by atoms with Crippen molar-refractivity contribution in [3.63, 3.8) is 0 Å². The lowest BCUT2D eigenvalue weighted by atomic mass is 10.0. The van der Waals surface area contributed by atoms with E-state index in [1.165, 1.54) is 0 Å². The molecule has 0 amide bonds. The third kappa shape index (κ3) is 3.45. The Hall–Kier alpha value is -1.69. The number of nitriles is 1. The average molecular weight is 305 g/mol. The minimum Gasteiger partial charge on any atom is -0.377 e. The number of hydrogen-bond acceptors (Lipinski definition) is 2. The van der Waals surface area contributed by atoms with Crippen LogP contribution < -0.4 is 5.32 Å². The summed E-state index contributed by atoms with van der Waals surface area (Å²) in [4.78, 5) is 0. The Kier molecular flexibility index (Phi) is 4.89. The lowest BCUT2D eigenvalue weighted by molar-refractivity contribution is 0.749. The van der Waals surface area contributed by atoms with Crippen molar-refractivity contribution in [3.8, 4) is 6.07 Å². The van der Waals surface area contributed by atoms with Gasteiger partial charge in [-0.3, -0.25) is 0 Å². The van der Waals surface area contributed by atoms with Crippen LogP contribution in [0.2, 0.25) is 10.0 Å². The molecule has 0 radical (unpaired) electrons. The second-order valence-electron chi connectivity index (χ2n) is 4.47. The Morgan fingerprint density at radius 3 is 2.60 bits per heavy atom. The van der Waals surface area contributed by atoms with Gasteiger partial charge in [0.25, 0.3) is 0 Å². The van der Waals surface area contributed by atoms with Crippen LogP contribution in [-0.4, -0.2) is 0 Å². The van der Waals surface area contributed by atoms with Crippen molar-refractivity contribution in [1.82, 2.24) is 0 Å². The molecule has 1 N–H and O–H groups in total. The number of halogens is 2. The van der Waals surface area contributed by atoms with Crippen molar-refractivity contribution in [3.05, 3.63) is 63.6 Å². The molecule has 2 aromatic rings. The largest absolute Gasteiger partial charge is 0.377 e. The van der Waals surface area contributed by atoms with Crippen molar-refractivity contribution in [2.45, 2.75) is 19.4 Å². The molecular formula is C16H14Cl2N2. The Balaban J connectivity index is 2.25. The van der Waals surface area contributed by atoms with Crippen molar-refractivity contribution < 1.29 is 0 Å². The van der Waals surface area contributed by atoms with Gasteiger partial charge in [0.2, 0.25) is 0 Å². The summed E-state index contributed by atoms with van der Waals surface area (Å²) in [5.74, 6) is 0. The van der Waals surface area contributed by atoms with Crippen molar-refractivity contribution in [1.29, 1.82) is 5.26 Å². The van der Waals surface area contributed by atoms with E-state index < -0.39 is 0 Å². The molecule has 4 heteroatoms. The first kappa shape index (κ1) is 14.7. The summed E-state index contributed by atoms with van der Waals surface area (Å²) in [5, 5.41) is 13.5. The minimum atomic E-state index is 0.124. The highest BCUT2D eigenvalue weighted by Crippen LogP contribution is 2.29. The van der Waals surface area contributed by atoms with Gasteiger partial charge in [0.05, 0.1) is 28.4 Å². The fraction of sp³-hybridized carbons (Fsp3) is 0.188. The molecule has 0 aromatic heterocycles. The molecule has 2 nitrogen and oxygen atoms in total. The first-order chi connectivity index (χ1) is 9.63. The van der Waals surface area contributed by atoms with Gasteiger partial charge in [0.15, 0.2) is 0 Å². The van der Waals surface area contributed by atoms with E-state index in [1.54, 1.807) is 12.1 Å². The molecule has 2 aromatic carbocycles. The number of rotatable bonds is 4. The maximum atomic E-state index is 8.85. The third-order valence-corrected chi connectivity index (χ3v) is 3.64. The van der Waals surface area contributed by atoms with E-state index in [2.05, 4.69) is 18.3 Å². The van der Waals surface area contributed by atoms with Crippen LogP contribution in [-0.2, 0) is 0 Å². The van der Waals surface area contributed by atoms with Crippen LogP contribution in [0.5, 0.6) is 0 Å². The van der Waals surface area contributed by atoms with Gasteiger partial charge in [-0.05, 0) is 42.3 Å². The maximum Gasteiger partial charge on any atom is 0.0992 e. The first-order valence-corrected chi connectivity index (χ1v) is 7.11. The zero-order valence-corrected chi connectivity index (χ0v) is 12.5. The highest BCUT2D eigenvalue weighted by molar-refractivity contribution is 6.33. The molecule has 0 bridgehead atoms. The van der Waals surface area contributed by atoms with Gasteiger partial charge in [-0.15, -0.1) is 0 Å². The van der Waals surface area contributed by atoms with Gasteiger partial charge in [-0.2, -0.15) is 5.26 Å². The third-order valence-electron chi connectivity index (χ3n) is 3.09. The van der Waals surface area contributed by atoms with Crippen LogP contribution in [0.4, 0.5) is 5.69 Å². The lowest BCUT2D eigenvalue weighted by Crippen LogP contribution is -2.10. The Morgan fingerprint density at radius 2 is 2.00 bits per heavy atom. The van der Waals surface area contributed by atoms with Gasteiger partial charge in [0, 0.05) is 5.02 Å². The van der Waals surface area contributed by atoms with Crippen LogP contribution in [0.1, 0.15) is 30.5 Å². The fourth-order valence-electron chi connectivity index (χ4n) is 2.03. The molecule has 0 aliphatic carbocycles. The smallest absolute Gasteiger partial charge is 0.0992 e. The number of nitrogens with one attached hydrogen (secondary N) is 1. The summed E-state index contributed by atoms with van der Waals surface area (Å²) >= 11 is 12.2. The van der Waals surface area contributed by atoms with Gasteiger partial charge in [-0.1, -0.05) is 42.3 Å². The molecule has 0 spiro atoms. The van der Waals surface area contributed by atoms with Gasteiger partial charge in [0.1, 0.15) is 0 Å². The molecule has 0 aliphatic rings. The molecule has 0 aliphatic heterocycles. The topological polar surface area (TPSA) is 35.8 Å². The van der Waals surface area contributed by atoms with Crippen LogP contribution in [0.15, 0.2) is 42.5 Å². The van der Waals surface area contributed by atoms with Crippen LogP contribution in [0.25, 0.3) is 0 Å². The number of hydrogen-bond donors (Lipinski definition) is 1. The van der Waals surface area contributed by atoms with E-state index in [1.807, 2.05) is 30.3 Å². The van der Waals surface area contributed by atoms with Crippen molar-refractivity contribution in [2.24, 2.45) is 0 Å². The number of anilines is 1. The zero-order chi connectivity index (χ0) is 14.5. The summed E-state index contributed by atoms with van der Waals surface area (Å²) in [6.07, 6.45) is 0.899. The summed E-state index contributed by atoms with van der Waals surface area (Å²) in [7, 11) is 0. The molecule has 20 heavy (non-hydrogen) atoms. The standard InChI is InChI=1S/C16H14Cl2N2/c1-2-15(12-4-3-5-13(17)9-12)20-16-7-6-11(10-19)8-14(16)18/h3-9,15,20H,2H2,1H3. The molecule has 0 saturated heterocycles. The highest BCUT2D eigenvalue weighted by Gasteiger charge is 2.11. The van der Waals surface area contributed by atoms with E-state index in [4.69, 9.17) is 28.5 Å². The summed E-state index contributed by atoms with van der Waals surface area (Å²) in [5.41, 5.74) is 2.48. The number of nitrogens with zero attached hydrogens (tertiary/aromatic N) is 1. The maximum absolute atomic E-state index is 8.85. The molecule has 1 atom stereocenters. The summed E-state index contributed by atoms with van der Waals surface area (Å²) < 4.78 is 0. The summed E-state index contributed by atoms with van der Waals surface area (Å²) in [6, 6.07) is 15.2. The van der Waals surface area contributed by atoms with E-state index in [-0.39, 0.29) is 6.04 Å².